The molecule has 0 aliphatic rings. The highest BCUT2D eigenvalue weighted by molar-refractivity contribution is 9.10. The van der Waals surface area contributed by atoms with Crippen LogP contribution in [0, 0.1) is 0 Å². The number of nitrogens with one attached hydrogen (secondary N) is 1. The van der Waals surface area contributed by atoms with E-state index < -0.39 is 15.9 Å². The van der Waals surface area contributed by atoms with E-state index in [1.54, 1.807) is 49.6 Å². The number of halogens is 3. The number of rotatable bonds is 9. The van der Waals surface area contributed by atoms with Crippen molar-refractivity contribution in [2.45, 2.75) is 24.4 Å². The lowest BCUT2D eigenvalue weighted by atomic mass is 10.1. The van der Waals surface area contributed by atoms with Crippen LogP contribution in [0.15, 0.2) is 76.1 Å². The third-order valence-electron chi connectivity index (χ3n) is 5.11. The van der Waals surface area contributed by atoms with E-state index in [0.717, 1.165) is 14.3 Å². The highest BCUT2D eigenvalue weighted by atomic mass is 79.9. The molecule has 6 nitrogen and oxygen atoms in total. The number of hydrogen-bond acceptors (Lipinski definition) is 4. The van der Waals surface area contributed by atoms with Crippen molar-refractivity contribution in [2.75, 3.05) is 13.7 Å². The van der Waals surface area contributed by atoms with Gasteiger partial charge in [-0.3, -0.25) is 4.79 Å². The van der Waals surface area contributed by atoms with Crippen molar-refractivity contribution in [3.05, 3.63) is 92.4 Å². The maximum absolute atomic E-state index is 13.4. The highest BCUT2D eigenvalue weighted by Gasteiger charge is 2.27. The number of carbonyl (C=O) groups is 1. The second-order valence-electron chi connectivity index (χ2n) is 7.54. The van der Waals surface area contributed by atoms with Gasteiger partial charge in [0.25, 0.3) is 0 Å². The summed E-state index contributed by atoms with van der Waals surface area (Å²) in [7, 11) is -2.41. The molecule has 0 saturated heterocycles. The van der Waals surface area contributed by atoms with Crippen molar-refractivity contribution in [3.63, 3.8) is 0 Å². The molecule has 34 heavy (non-hydrogen) atoms. The van der Waals surface area contributed by atoms with Crippen molar-refractivity contribution in [1.82, 2.24) is 9.62 Å². The summed E-state index contributed by atoms with van der Waals surface area (Å²) >= 11 is 15.4. The summed E-state index contributed by atoms with van der Waals surface area (Å²) in [6.07, 6.45) is 0. The fourth-order valence-electron chi connectivity index (χ4n) is 3.25. The minimum absolute atomic E-state index is 0.0559. The molecule has 1 N–H and O–H groups in total. The summed E-state index contributed by atoms with van der Waals surface area (Å²) in [5.74, 6) is 0.264. The number of sulfonamides is 1. The molecule has 1 amide bonds. The molecule has 180 valence electrons. The summed E-state index contributed by atoms with van der Waals surface area (Å²) in [6, 6.07) is 18.0. The van der Waals surface area contributed by atoms with Gasteiger partial charge in [-0.2, -0.15) is 4.31 Å². The van der Waals surface area contributed by atoms with Crippen LogP contribution in [0.5, 0.6) is 5.75 Å². The van der Waals surface area contributed by atoms with E-state index in [4.69, 9.17) is 27.9 Å². The van der Waals surface area contributed by atoms with E-state index in [1.807, 2.05) is 19.1 Å². The van der Waals surface area contributed by atoms with Gasteiger partial charge in [0.1, 0.15) is 5.75 Å². The van der Waals surface area contributed by atoms with E-state index in [9.17, 15) is 13.2 Å². The summed E-state index contributed by atoms with van der Waals surface area (Å²) in [5, 5.41) is 3.53. The predicted molar refractivity (Wildman–Crippen MR) is 138 cm³/mol. The van der Waals surface area contributed by atoms with E-state index in [-0.39, 0.29) is 24.0 Å². The number of nitrogens with zero attached hydrogens (tertiary/aromatic N) is 1. The molecule has 0 spiro atoms. The second-order valence-corrected chi connectivity index (χ2v) is 11.2. The Bertz CT molecular complexity index is 1250. The van der Waals surface area contributed by atoms with Gasteiger partial charge < -0.3 is 10.1 Å². The number of hydrogen-bond donors (Lipinski definition) is 1. The molecule has 0 saturated carbocycles. The maximum atomic E-state index is 13.4. The molecular weight excluding hydrogens is 563 g/mol. The van der Waals surface area contributed by atoms with Gasteiger partial charge in [0.2, 0.25) is 15.9 Å². The van der Waals surface area contributed by atoms with Crippen molar-refractivity contribution >= 4 is 55.1 Å². The van der Waals surface area contributed by atoms with E-state index in [0.29, 0.717) is 21.4 Å². The molecule has 0 unspecified atom stereocenters. The average Bonchev–Trinajstić information content (AvgIpc) is 2.81. The number of methoxy groups -OCH3 is 1. The van der Waals surface area contributed by atoms with Crippen LogP contribution in [0.1, 0.15) is 24.1 Å². The van der Waals surface area contributed by atoms with Crippen LogP contribution in [0.25, 0.3) is 0 Å². The zero-order valence-corrected chi connectivity index (χ0v) is 22.4. The first-order valence-electron chi connectivity index (χ1n) is 10.2. The van der Waals surface area contributed by atoms with Gasteiger partial charge in [-0.05, 0) is 66.6 Å². The SMILES string of the molecule is COc1ccc([C@@H](C)NC(=O)CN(Cc2ccc(Cl)c(Cl)c2)S(=O)(=O)c2ccc(Br)cc2)cc1. The largest absolute Gasteiger partial charge is 0.497 e. The van der Waals surface area contributed by atoms with Crippen molar-refractivity contribution in [2.24, 2.45) is 0 Å². The van der Waals surface area contributed by atoms with E-state index in [2.05, 4.69) is 21.2 Å². The number of carbonyl (C=O) groups excluding carboxylic acids is 1. The lowest BCUT2D eigenvalue weighted by Gasteiger charge is -2.23. The number of benzene rings is 3. The van der Waals surface area contributed by atoms with Crippen molar-refractivity contribution < 1.29 is 17.9 Å². The third kappa shape index (κ3) is 6.73. The van der Waals surface area contributed by atoms with Crippen LogP contribution in [-0.2, 0) is 21.4 Å². The fraction of sp³-hybridized carbons (Fsp3) is 0.208. The lowest BCUT2D eigenvalue weighted by Crippen LogP contribution is -2.41. The maximum Gasteiger partial charge on any atom is 0.243 e. The Labute approximate surface area is 218 Å². The molecular formula is C24H23BrCl2N2O4S. The van der Waals surface area contributed by atoms with Gasteiger partial charge in [0.05, 0.1) is 34.6 Å². The third-order valence-corrected chi connectivity index (χ3v) is 8.18. The smallest absolute Gasteiger partial charge is 0.243 e. The Balaban J connectivity index is 1.83. The quantitative estimate of drug-likeness (QED) is 0.343. The summed E-state index contributed by atoms with van der Waals surface area (Å²) < 4.78 is 33.9. The zero-order valence-electron chi connectivity index (χ0n) is 18.5. The topological polar surface area (TPSA) is 75.7 Å². The van der Waals surface area contributed by atoms with Crippen molar-refractivity contribution in [3.8, 4) is 5.75 Å². The Hall–Kier alpha value is -2.10. The van der Waals surface area contributed by atoms with Gasteiger partial charge in [-0.1, -0.05) is 57.3 Å². The van der Waals surface area contributed by atoms with Crippen LogP contribution in [-0.4, -0.2) is 32.3 Å². The standard InChI is InChI=1S/C24H23BrCl2N2O4S/c1-16(18-4-8-20(33-2)9-5-18)28-24(30)15-29(14-17-3-12-22(26)23(27)13-17)34(31,32)21-10-6-19(25)7-11-21/h3-13,16H,14-15H2,1-2H3,(H,28,30)/t16-/m1/s1. The molecule has 3 rings (SSSR count). The molecule has 0 aliphatic heterocycles. The van der Waals surface area contributed by atoms with Crippen LogP contribution in [0.4, 0.5) is 0 Å². The van der Waals surface area contributed by atoms with Crippen molar-refractivity contribution in [1.29, 1.82) is 0 Å². The summed E-state index contributed by atoms with van der Waals surface area (Å²) in [6.45, 7) is 1.39. The average molecular weight is 586 g/mol. The monoisotopic (exact) mass is 584 g/mol. The Morgan fingerprint density at radius 2 is 1.68 bits per heavy atom. The van der Waals surface area contributed by atoms with Crippen LogP contribution in [0.2, 0.25) is 10.0 Å². The molecule has 10 heteroatoms. The molecule has 1 atom stereocenters. The van der Waals surface area contributed by atoms with Gasteiger partial charge in [-0.25, -0.2) is 8.42 Å². The molecule has 0 bridgehead atoms. The van der Waals surface area contributed by atoms with Crippen LogP contribution >= 0.6 is 39.1 Å². The summed E-state index contributed by atoms with van der Waals surface area (Å²) in [5.41, 5.74) is 1.46. The molecule has 0 heterocycles. The highest BCUT2D eigenvalue weighted by Crippen LogP contribution is 2.26. The first-order valence-corrected chi connectivity index (χ1v) is 13.2. The molecule has 3 aromatic rings. The first-order chi connectivity index (χ1) is 16.1. The minimum atomic E-state index is -3.98. The van der Waals surface area contributed by atoms with E-state index in [1.165, 1.54) is 12.1 Å². The lowest BCUT2D eigenvalue weighted by molar-refractivity contribution is -0.122. The van der Waals surface area contributed by atoms with Gasteiger partial charge in [0.15, 0.2) is 0 Å². The predicted octanol–water partition coefficient (Wildman–Crippen LogP) is 5.83. The molecule has 0 fully saturated rings. The van der Waals surface area contributed by atoms with Gasteiger partial charge in [0, 0.05) is 11.0 Å². The minimum Gasteiger partial charge on any atom is -0.497 e. The number of ether oxygens (including phenoxy) is 1. The molecule has 0 aliphatic carbocycles. The normalized spacial score (nSPS) is 12.4. The summed E-state index contributed by atoms with van der Waals surface area (Å²) in [4.78, 5) is 13.0. The fourth-order valence-corrected chi connectivity index (χ4v) is 5.22. The zero-order chi connectivity index (χ0) is 24.9. The van der Waals surface area contributed by atoms with Gasteiger partial charge >= 0.3 is 0 Å². The van der Waals surface area contributed by atoms with E-state index >= 15 is 0 Å². The Kier molecular flexibility index (Phi) is 9.01. The number of amides is 1. The first kappa shape index (κ1) is 26.5. The molecule has 0 aromatic heterocycles. The Morgan fingerprint density at radius 3 is 2.26 bits per heavy atom. The molecule has 0 radical (unpaired) electrons. The molecule has 3 aromatic carbocycles. The van der Waals surface area contributed by atoms with Crippen LogP contribution in [0.3, 0.4) is 0 Å². The van der Waals surface area contributed by atoms with Crippen LogP contribution < -0.4 is 10.1 Å². The Morgan fingerprint density at radius 1 is 1.03 bits per heavy atom. The van der Waals surface area contributed by atoms with Gasteiger partial charge in [-0.15, -0.1) is 0 Å². The second kappa shape index (κ2) is 11.6.